The molecule has 1 aromatic rings. The third-order valence-corrected chi connectivity index (χ3v) is 4.35. The molecule has 0 aromatic heterocycles. The summed E-state index contributed by atoms with van der Waals surface area (Å²) in [7, 11) is 1.34. The molecule has 0 radical (unpaired) electrons. The number of methoxy groups -OCH3 is 1. The fraction of sp³-hybridized carbons (Fsp3) is 0.333. The Hall–Kier alpha value is -1.81. The van der Waals surface area contributed by atoms with Crippen molar-refractivity contribution in [1.29, 1.82) is 0 Å². The van der Waals surface area contributed by atoms with Gasteiger partial charge in [-0.2, -0.15) is 0 Å². The van der Waals surface area contributed by atoms with E-state index >= 15 is 0 Å². The Morgan fingerprint density at radius 3 is 3.05 bits per heavy atom. The van der Waals surface area contributed by atoms with E-state index in [0.717, 1.165) is 11.3 Å². The van der Waals surface area contributed by atoms with Gasteiger partial charge in [0.25, 0.3) is 0 Å². The van der Waals surface area contributed by atoms with Crippen molar-refractivity contribution in [2.75, 3.05) is 18.6 Å². The second kappa shape index (κ2) is 4.35. The van der Waals surface area contributed by atoms with Crippen LogP contribution in [0.15, 0.2) is 30.9 Å². The number of carbonyl (C=O) groups is 2. The molecule has 2 aliphatic rings. The predicted octanol–water partition coefficient (Wildman–Crippen LogP) is 2.30. The summed E-state index contributed by atoms with van der Waals surface area (Å²) in [5.41, 5.74) is 0.856. The molecule has 3 rings (SSSR count). The first-order valence-electron chi connectivity index (χ1n) is 6.37. The number of hydrogen-bond donors (Lipinski definition) is 0. The molecule has 5 heteroatoms. The molecule has 2 unspecified atom stereocenters. The van der Waals surface area contributed by atoms with Crippen molar-refractivity contribution in [3.8, 4) is 0 Å². The summed E-state index contributed by atoms with van der Waals surface area (Å²) in [4.78, 5) is 26.2. The molecule has 1 heterocycles. The van der Waals surface area contributed by atoms with Gasteiger partial charge in [-0.05, 0) is 30.2 Å². The van der Waals surface area contributed by atoms with Crippen molar-refractivity contribution in [1.82, 2.24) is 0 Å². The molecule has 1 aliphatic heterocycles. The lowest BCUT2D eigenvalue weighted by molar-refractivity contribution is -0.143. The molecular formula is C15H14ClNO3. The van der Waals surface area contributed by atoms with Gasteiger partial charge in [0.05, 0.1) is 18.4 Å². The van der Waals surface area contributed by atoms with E-state index in [2.05, 4.69) is 6.58 Å². The summed E-state index contributed by atoms with van der Waals surface area (Å²) in [5.74, 6) is -0.818. The molecule has 0 bridgehead atoms. The quantitative estimate of drug-likeness (QED) is 0.634. The van der Waals surface area contributed by atoms with Crippen molar-refractivity contribution in [3.05, 3.63) is 41.4 Å². The standard InChI is InChI=1S/C15H14ClNO3/c1-3-6-17-12-5-4-9(16)7-10(12)15(14(17)19)8-11(15)13(18)20-2/h3-5,7,11H,1,6,8H2,2H3. The van der Waals surface area contributed by atoms with E-state index in [-0.39, 0.29) is 11.9 Å². The van der Waals surface area contributed by atoms with E-state index in [1.165, 1.54) is 7.11 Å². The summed E-state index contributed by atoms with van der Waals surface area (Å²) in [6.45, 7) is 4.10. The van der Waals surface area contributed by atoms with Gasteiger partial charge in [-0.15, -0.1) is 6.58 Å². The zero-order valence-corrected chi connectivity index (χ0v) is 11.8. The van der Waals surface area contributed by atoms with Crippen molar-refractivity contribution in [3.63, 3.8) is 0 Å². The average molecular weight is 292 g/mol. The average Bonchev–Trinajstić information content (AvgIpc) is 3.15. The molecule has 104 valence electrons. The Labute approximate surface area is 122 Å². The number of benzene rings is 1. The summed E-state index contributed by atoms with van der Waals surface area (Å²) < 4.78 is 4.79. The molecule has 1 fully saturated rings. The lowest BCUT2D eigenvalue weighted by atomic mass is 9.95. The van der Waals surface area contributed by atoms with Crippen LogP contribution in [0.5, 0.6) is 0 Å². The minimum atomic E-state index is -0.781. The van der Waals surface area contributed by atoms with Gasteiger partial charge in [-0.1, -0.05) is 17.7 Å². The van der Waals surface area contributed by atoms with Crippen molar-refractivity contribution in [2.24, 2.45) is 5.92 Å². The Morgan fingerprint density at radius 1 is 1.65 bits per heavy atom. The molecule has 1 aromatic carbocycles. The number of rotatable bonds is 3. The molecule has 2 atom stereocenters. The summed E-state index contributed by atoms with van der Waals surface area (Å²) >= 11 is 6.05. The number of fused-ring (bicyclic) bond motifs is 2. The maximum atomic E-state index is 12.7. The third kappa shape index (κ3) is 1.54. The minimum absolute atomic E-state index is 0.0648. The second-order valence-electron chi connectivity index (χ2n) is 5.12. The van der Waals surface area contributed by atoms with Crippen LogP contribution in [0, 0.1) is 5.92 Å². The molecular weight excluding hydrogens is 278 g/mol. The van der Waals surface area contributed by atoms with Crippen LogP contribution in [0.1, 0.15) is 12.0 Å². The van der Waals surface area contributed by atoms with Crippen LogP contribution in [0.2, 0.25) is 5.02 Å². The lowest BCUT2D eigenvalue weighted by Gasteiger charge is -2.15. The van der Waals surface area contributed by atoms with Crippen LogP contribution >= 0.6 is 11.6 Å². The van der Waals surface area contributed by atoms with Gasteiger partial charge in [-0.3, -0.25) is 9.59 Å². The van der Waals surface area contributed by atoms with Gasteiger partial charge in [0.1, 0.15) is 0 Å². The maximum absolute atomic E-state index is 12.7. The Kier molecular flexibility index (Phi) is 2.87. The third-order valence-electron chi connectivity index (χ3n) is 4.12. The molecule has 20 heavy (non-hydrogen) atoms. The van der Waals surface area contributed by atoms with Crippen LogP contribution in [-0.2, 0) is 19.7 Å². The zero-order valence-electron chi connectivity index (χ0n) is 11.1. The second-order valence-corrected chi connectivity index (χ2v) is 5.55. The van der Waals surface area contributed by atoms with E-state index in [4.69, 9.17) is 16.3 Å². The van der Waals surface area contributed by atoms with Crippen LogP contribution in [-0.4, -0.2) is 25.5 Å². The first-order chi connectivity index (χ1) is 9.56. The Bertz CT molecular complexity index is 628. The number of amides is 1. The normalized spacial score (nSPS) is 26.6. The number of anilines is 1. The van der Waals surface area contributed by atoms with Gasteiger partial charge in [0.2, 0.25) is 5.91 Å². The van der Waals surface area contributed by atoms with E-state index in [1.807, 2.05) is 6.07 Å². The predicted molar refractivity (Wildman–Crippen MR) is 75.8 cm³/mol. The Morgan fingerprint density at radius 2 is 2.40 bits per heavy atom. The summed E-state index contributed by atoms with van der Waals surface area (Å²) in [6, 6.07) is 5.35. The SMILES string of the molecule is C=CCN1C(=O)C2(CC2C(=O)OC)c2cc(Cl)ccc21. The number of ether oxygens (including phenoxy) is 1. The van der Waals surface area contributed by atoms with Gasteiger partial charge in [0.15, 0.2) is 0 Å². The maximum Gasteiger partial charge on any atom is 0.310 e. The number of halogens is 1. The minimum Gasteiger partial charge on any atom is -0.469 e. The monoisotopic (exact) mass is 291 g/mol. The van der Waals surface area contributed by atoms with Gasteiger partial charge in [-0.25, -0.2) is 0 Å². The van der Waals surface area contributed by atoms with E-state index in [1.54, 1.807) is 23.1 Å². The first kappa shape index (κ1) is 13.2. The van der Waals surface area contributed by atoms with Crippen molar-refractivity contribution >= 4 is 29.2 Å². The highest BCUT2D eigenvalue weighted by Gasteiger charge is 2.70. The lowest BCUT2D eigenvalue weighted by Crippen LogP contribution is -2.34. The largest absolute Gasteiger partial charge is 0.469 e. The highest BCUT2D eigenvalue weighted by molar-refractivity contribution is 6.31. The van der Waals surface area contributed by atoms with E-state index in [0.29, 0.717) is 18.0 Å². The van der Waals surface area contributed by atoms with Crippen LogP contribution in [0.4, 0.5) is 5.69 Å². The van der Waals surface area contributed by atoms with Crippen molar-refractivity contribution in [2.45, 2.75) is 11.8 Å². The molecule has 1 amide bonds. The highest BCUT2D eigenvalue weighted by Crippen LogP contribution is 2.62. The number of hydrogen-bond acceptors (Lipinski definition) is 3. The molecule has 0 saturated heterocycles. The smallest absolute Gasteiger partial charge is 0.310 e. The van der Waals surface area contributed by atoms with Gasteiger partial charge in [0, 0.05) is 17.3 Å². The Balaban J connectivity index is 2.10. The first-order valence-corrected chi connectivity index (χ1v) is 6.74. The van der Waals surface area contributed by atoms with E-state index < -0.39 is 11.3 Å². The number of nitrogens with zero attached hydrogens (tertiary/aromatic N) is 1. The fourth-order valence-corrected chi connectivity index (χ4v) is 3.27. The number of esters is 1. The molecule has 4 nitrogen and oxygen atoms in total. The fourth-order valence-electron chi connectivity index (χ4n) is 3.10. The van der Waals surface area contributed by atoms with Crippen molar-refractivity contribution < 1.29 is 14.3 Å². The molecule has 0 N–H and O–H groups in total. The van der Waals surface area contributed by atoms with E-state index in [9.17, 15) is 9.59 Å². The molecule has 1 spiro atoms. The molecule has 1 saturated carbocycles. The molecule has 1 aliphatic carbocycles. The van der Waals surface area contributed by atoms with Gasteiger partial charge >= 0.3 is 5.97 Å². The summed E-state index contributed by atoms with van der Waals surface area (Å²) in [6.07, 6.45) is 2.16. The van der Waals surface area contributed by atoms with Crippen LogP contribution < -0.4 is 4.90 Å². The van der Waals surface area contributed by atoms with Gasteiger partial charge < -0.3 is 9.64 Å². The zero-order chi connectivity index (χ0) is 14.5. The van der Waals surface area contributed by atoms with Crippen LogP contribution in [0.25, 0.3) is 0 Å². The topological polar surface area (TPSA) is 46.6 Å². The summed E-state index contributed by atoms with van der Waals surface area (Å²) in [5, 5.41) is 0.562. The number of carbonyl (C=O) groups excluding carboxylic acids is 2. The van der Waals surface area contributed by atoms with Crippen LogP contribution in [0.3, 0.4) is 0 Å². The highest BCUT2D eigenvalue weighted by atomic mass is 35.5.